The Balaban J connectivity index is 2.36. The Morgan fingerprint density at radius 3 is 2.87 bits per heavy atom. The molecule has 0 bridgehead atoms. The molecule has 0 atom stereocenters. The first-order valence-corrected chi connectivity index (χ1v) is 4.67. The fraction of sp³-hybridized carbons (Fsp3) is 0.364. The first-order chi connectivity index (χ1) is 6.98. The Hall–Kier alpha value is -1.55. The molecule has 0 aliphatic carbocycles. The van der Waals surface area contributed by atoms with Gasteiger partial charge < -0.3 is 14.6 Å². The van der Waals surface area contributed by atoms with Gasteiger partial charge in [0, 0.05) is 19.4 Å². The maximum atomic E-state index is 10.7. The number of hydrogen-bond acceptors (Lipinski definition) is 3. The number of rotatable bonds is 1. The predicted molar refractivity (Wildman–Crippen MR) is 52.9 cm³/mol. The van der Waals surface area contributed by atoms with E-state index in [4.69, 9.17) is 14.6 Å². The molecule has 0 fully saturated rings. The highest BCUT2D eigenvalue weighted by molar-refractivity contribution is 5.88. The third-order valence-electron chi connectivity index (χ3n) is 2.24. The van der Waals surface area contributed by atoms with Crippen LogP contribution in [0.2, 0.25) is 0 Å². The zero-order valence-corrected chi connectivity index (χ0v) is 8.61. The van der Waals surface area contributed by atoms with E-state index in [1.165, 1.54) is 6.07 Å². The van der Waals surface area contributed by atoms with Crippen molar-refractivity contribution in [3.63, 3.8) is 0 Å². The van der Waals surface area contributed by atoms with Crippen molar-refractivity contribution in [1.29, 1.82) is 0 Å². The number of carboxylic acids is 1. The summed E-state index contributed by atoms with van der Waals surface area (Å²) in [6.45, 7) is 4.02. The van der Waals surface area contributed by atoms with E-state index in [9.17, 15) is 4.79 Å². The summed E-state index contributed by atoms with van der Waals surface area (Å²) in [5.74, 6) is -0.892. The summed E-state index contributed by atoms with van der Waals surface area (Å²) in [6, 6.07) is 4.78. The summed E-state index contributed by atoms with van der Waals surface area (Å²) >= 11 is 0. The second-order valence-corrected chi connectivity index (χ2v) is 3.92. The normalized spacial score (nSPS) is 17.7. The Morgan fingerprint density at radius 2 is 2.20 bits per heavy atom. The molecule has 15 heavy (non-hydrogen) atoms. The van der Waals surface area contributed by atoms with Gasteiger partial charge in [-0.15, -0.1) is 0 Å². The molecular weight excluding hydrogens is 196 g/mol. The van der Waals surface area contributed by atoms with E-state index in [2.05, 4.69) is 0 Å². The fourth-order valence-electron chi connectivity index (χ4n) is 1.47. The smallest absolute Gasteiger partial charge is 0.335 e. The zero-order valence-electron chi connectivity index (χ0n) is 8.61. The maximum Gasteiger partial charge on any atom is 0.335 e. The molecule has 0 saturated heterocycles. The van der Waals surface area contributed by atoms with E-state index < -0.39 is 11.8 Å². The minimum atomic E-state index is -0.942. The summed E-state index contributed by atoms with van der Waals surface area (Å²) < 4.78 is 11.0. The summed E-state index contributed by atoms with van der Waals surface area (Å²) in [5.41, 5.74) is 1.02. The van der Waals surface area contributed by atoms with Crippen LogP contribution < -0.4 is 4.74 Å². The van der Waals surface area contributed by atoms with E-state index in [1.807, 2.05) is 13.8 Å². The molecule has 0 spiro atoms. The molecule has 1 N–H and O–H groups in total. The molecule has 0 saturated carbocycles. The number of hydrogen-bond donors (Lipinski definition) is 1. The van der Waals surface area contributed by atoms with Crippen LogP contribution >= 0.6 is 0 Å². The van der Waals surface area contributed by atoms with Gasteiger partial charge in [0.25, 0.3) is 0 Å². The minimum Gasteiger partial charge on any atom is -0.478 e. The Bertz CT molecular complexity index is 409. The van der Waals surface area contributed by atoms with Gasteiger partial charge in [0.05, 0.1) is 12.2 Å². The van der Waals surface area contributed by atoms with Gasteiger partial charge >= 0.3 is 5.97 Å². The molecule has 1 aromatic rings. The number of ether oxygens (including phenoxy) is 2. The van der Waals surface area contributed by atoms with E-state index in [0.717, 1.165) is 5.56 Å². The average molecular weight is 208 g/mol. The molecule has 1 aliphatic heterocycles. The van der Waals surface area contributed by atoms with Crippen molar-refractivity contribution in [3.8, 4) is 5.75 Å². The van der Waals surface area contributed by atoms with Crippen LogP contribution in [0.5, 0.6) is 5.75 Å². The quantitative estimate of drug-likeness (QED) is 0.767. The summed E-state index contributed by atoms with van der Waals surface area (Å²) in [6.07, 6.45) is 0. The number of carbonyl (C=O) groups is 1. The van der Waals surface area contributed by atoms with Crippen LogP contribution in [0.25, 0.3) is 0 Å². The van der Waals surface area contributed by atoms with Crippen LogP contribution in [-0.4, -0.2) is 16.9 Å². The number of aromatic carboxylic acids is 1. The molecule has 80 valence electrons. The van der Waals surface area contributed by atoms with Crippen LogP contribution in [0.15, 0.2) is 18.2 Å². The highest BCUT2D eigenvalue weighted by Crippen LogP contribution is 2.31. The van der Waals surface area contributed by atoms with Crippen molar-refractivity contribution in [1.82, 2.24) is 0 Å². The topological polar surface area (TPSA) is 55.8 Å². The Kier molecular flexibility index (Phi) is 2.16. The molecule has 4 heteroatoms. The number of fused-ring (bicyclic) bond motifs is 1. The number of carboxylic acid groups (broad SMARTS) is 1. The minimum absolute atomic E-state index is 0.251. The molecule has 0 amide bonds. The third kappa shape index (κ3) is 1.94. The zero-order chi connectivity index (χ0) is 11.1. The predicted octanol–water partition coefficient (Wildman–Crippen LogP) is 2.03. The highest BCUT2D eigenvalue weighted by atomic mass is 16.7. The molecular formula is C11H12O4. The van der Waals surface area contributed by atoms with Gasteiger partial charge in [0.1, 0.15) is 5.75 Å². The van der Waals surface area contributed by atoms with Crippen molar-refractivity contribution < 1.29 is 19.4 Å². The van der Waals surface area contributed by atoms with E-state index in [-0.39, 0.29) is 5.56 Å². The summed E-state index contributed by atoms with van der Waals surface area (Å²) in [7, 11) is 0. The maximum absolute atomic E-state index is 10.7. The molecule has 2 rings (SSSR count). The molecule has 1 aliphatic rings. The first kappa shape index (κ1) is 9.98. The van der Waals surface area contributed by atoms with Crippen LogP contribution in [0.1, 0.15) is 29.8 Å². The van der Waals surface area contributed by atoms with E-state index in [0.29, 0.717) is 12.4 Å². The molecule has 4 nitrogen and oxygen atoms in total. The SMILES string of the molecule is CC1(C)OCc2cc(C(=O)O)ccc2O1. The van der Waals surface area contributed by atoms with Crippen LogP contribution in [0.4, 0.5) is 0 Å². The van der Waals surface area contributed by atoms with Crippen molar-refractivity contribution in [2.75, 3.05) is 0 Å². The number of benzene rings is 1. The van der Waals surface area contributed by atoms with Gasteiger partial charge in [0.15, 0.2) is 0 Å². The highest BCUT2D eigenvalue weighted by Gasteiger charge is 2.27. The second kappa shape index (κ2) is 3.24. The van der Waals surface area contributed by atoms with Crippen LogP contribution in [0, 0.1) is 0 Å². The van der Waals surface area contributed by atoms with Gasteiger partial charge in [-0.2, -0.15) is 0 Å². The lowest BCUT2D eigenvalue weighted by Gasteiger charge is -2.32. The average Bonchev–Trinajstić information content (AvgIpc) is 2.15. The lowest BCUT2D eigenvalue weighted by atomic mass is 10.1. The van der Waals surface area contributed by atoms with Gasteiger partial charge in [0.2, 0.25) is 5.79 Å². The van der Waals surface area contributed by atoms with Crippen LogP contribution in [-0.2, 0) is 11.3 Å². The molecule has 0 radical (unpaired) electrons. The standard InChI is InChI=1S/C11H12O4/c1-11(2)14-6-8-5-7(10(12)13)3-4-9(8)15-11/h3-5H,6H2,1-2H3,(H,12,13). The second-order valence-electron chi connectivity index (χ2n) is 3.92. The monoisotopic (exact) mass is 208 g/mol. The molecule has 1 heterocycles. The lowest BCUT2D eigenvalue weighted by Crippen LogP contribution is -2.35. The fourth-order valence-corrected chi connectivity index (χ4v) is 1.47. The Labute approximate surface area is 87.4 Å². The first-order valence-electron chi connectivity index (χ1n) is 4.67. The van der Waals surface area contributed by atoms with Crippen LogP contribution in [0.3, 0.4) is 0 Å². The van der Waals surface area contributed by atoms with Crippen molar-refractivity contribution >= 4 is 5.97 Å². The van der Waals surface area contributed by atoms with Gasteiger partial charge in [-0.25, -0.2) is 4.79 Å². The summed E-state index contributed by atoms with van der Waals surface area (Å²) in [5, 5.41) is 8.81. The van der Waals surface area contributed by atoms with Gasteiger partial charge in [-0.3, -0.25) is 0 Å². The van der Waals surface area contributed by atoms with Crippen molar-refractivity contribution in [3.05, 3.63) is 29.3 Å². The Morgan fingerprint density at radius 1 is 1.47 bits per heavy atom. The van der Waals surface area contributed by atoms with Crippen molar-refractivity contribution in [2.45, 2.75) is 26.2 Å². The largest absolute Gasteiger partial charge is 0.478 e. The van der Waals surface area contributed by atoms with Crippen molar-refractivity contribution in [2.24, 2.45) is 0 Å². The van der Waals surface area contributed by atoms with Gasteiger partial charge in [-0.1, -0.05) is 0 Å². The lowest BCUT2D eigenvalue weighted by molar-refractivity contribution is -0.180. The molecule has 1 aromatic carbocycles. The van der Waals surface area contributed by atoms with E-state index >= 15 is 0 Å². The third-order valence-corrected chi connectivity index (χ3v) is 2.24. The molecule has 0 unspecified atom stereocenters. The summed E-state index contributed by atoms with van der Waals surface area (Å²) in [4.78, 5) is 10.7. The molecule has 0 aromatic heterocycles. The van der Waals surface area contributed by atoms with E-state index in [1.54, 1.807) is 12.1 Å². The van der Waals surface area contributed by atoms with Gasteiger partial charge in [-0.05, 0) is 18.2 Å².